The van der Waals surface area contributed by atoms with Crippen molar-refractivity contribution in [3.05, 3.63) is 65.7 Å². The third-order valence-electron chi connectivity index (χ3n) is 7.22. The van der Waals surface area contributed by atoms with Crippen LogP contribution in [0.25, 0.3) is 0 Å². The van der Waals surface area contributed by atoms with Crippen molar-refractivity contribution < 1.29 is 33.4 Å². The predicted molar refractivity (Wildman–Crippen MR) is 158 cm³/mol. The molecule has 1 heterocycles. The van der Waals surface area contributed by atoms with Crippen LogP contribution in [0.4, 0.5) is 4.79 Å². The second kappa shape index (κ2) is 14.2. The molecule has 0 bridgehead atoms. The molecule has 0 spiro atoms. The molecule has 2 N–H and O–H groups in total. The van der Waals surface area contributed by atoms with Crippen molar-refractivity contribution in [3.63, 3.8) is 0 Å². The first-order valence-electron chi connectivity index (χ1n) is 14.3. The van der Waals surface area contributed by atoms with Gasteiger partial charge in [0, 0.05) is 13.0 Å². The molecule has 2 aromatic rings. The fraction of sp³-hybridized carbons (Fsp3) is 0.500. The number of ether oxygens (including phenoxy) is 3. The molecular formula is C32H43N3O7. The number of benzene rings is 2. The van der Waals surface area contributed by atoms with Crippen LogP contribution in [0.3, 0.4) is 0 Å². The minimum absolute atomic E-state index is 0.107. The Morgan fingerprint density at radius 3 is 2.24 bits per heavy atom. The highest BCUT2D eigenvalue weighted by atomic mass is 16.6. The van der Waals surface area contributed by atoms with Crippen molar-refractivity contribution in [1.29, 1.82) is 0 Å². The maximum Gasteiger partial charge on any atom is 0.408 e. The monoisotopic (exact) mass is 581 g/mol. The second-order valence-electron chi connectivity index (χ2n) is 11.7. The largest absolute Gasteiger partial charge is 0.497 e. The molecule has 0 unspecified atom stereocenters. The van der Waals surface area contributed by atoms with Gasteiger partial charge >= 0.3 is 12.1 Å². The fourth-order valence-corrected chi connectivity index (χ4v) is 4.65. The average molecular weight is 582 g/mol. The number of esters is 1. The zero-order chi connectivity index (χ0) is 30.9. The lowest BCUT2D eigenvalue weighted by atomic mass is 9.96. The van der Waals surface area contributed by atoms with E-state index in [1.54, 1.807) is 53.9 Å². The average Bonchev–Trinajstić information content (AvgIpc) is 3.45. The summed E-state index contributed by atoms with van der Waals surface area (Å²) >= 11 is 0. The van der Waals surface area contributed by atoms with Gasteiger partial charge in [0.15, 0.2) is 0 Å². The summed E-state index contributed by atoms with van der Waals surface area (Å²) in [4.78, 5) is 54.7. The molecule has 1 aliphatic heterocycles. The first-order chi connectivity index (χ1) is 19.8. The van der Waals surface area contributed by atoms with E-state index in [1.165, 1.54) is 4.90 Å². The number of nitrogens with one attached hydrogen (secondary N) is 2. The number of methoxy groups -OCH3 is 1. The number of nitrogens with zero attached hydrogens (tertiary/aromatic N) is 1. The van der Waals surface area contributed by atoms with Gasteiger partial charge < -0.3 is 29.7 Å². The third kappa shape index (κ3) is 8.96. The quantitative estimate of drug-likeness (QED) is 0.382. The smallest absolute Gasteiger partial charge is 0.408 e. The van der Waals surface area contributed by atoms with E-state index in [-0.39, 0.29) is 19.4 Å². The Labute approximate surface area is 248 Å². The van der Waals surface area contributed by atoms with E-state index in [9.17, 15) is 19.2 Å². The molecule has 3 atom stereocenters. The summed E-state index contributed by atoms with van der Waals surface area (Å²) < 4.78 is 16.2. The Morgan fingerprint density at radius 2 is 1.64 bits per heavy atom. The van der Waals surface area contributed by atoms with Crippen LogP contribution in [0.5, 0.6) is 5.75 Å². The van der Waals surface area contributed by atoms with Gasteiger partial charge in [0.2, 0.25) is 11.8 Å². The highest BCUT2D eigenvalue weighted by molar-refractivity contribution is 5.95. The minimum Gasteiger partial charge on any atom is -0.497 e. The number of rotatable bonds is 11. The van der Waals surface area contributed by atoms with E-state index < -0.39 is 47.1 Å². The maximum atomic E-state index is 14.0. The fourth-order valence-electron chi connectivity index (χ4n) is 4.65. The first kappa shape index (κ1) is 32.4. The number of likely N-dealkylation sites (tertiary alicyclic amines) is 1. The van der Waals surface area contributed by atoms with Crippen molar-refractivity contribution in [1.82, 2.24) is 15.5 Å². The molecular weight excluding hydrogens is 538 g/mol. The number of hydrogen-bond acceptors (Lipinski definition) is 7. The van der Waals surface area contributed by atoms with Crippen LogP contribution in [0.2, 0.25) is 0 Å². The summed E-state index contributed by atoms with van der Waals surface area (Å²) in [5, 5.41) is 5.53. The Bertz CT molecular complexity index is 1230. The van der Waals surface area contributed by atoms with Crippen LogP contribution in [0, 0.1) is 0 Å². The standard InChI is InChI=1S/C32H43N3O7/c1-7-32(5,34-30(39)42-31(2,3)4)29(38)33-25(20-22-15-17-24(40-6)18-16-22)27(36)35-19-11-14-26(35)28(37)41-21-23-12-9-8-10-13-23/h8-10,12-13,15-18,25-26H,7,11,14,19-21H2,1-6H3,(H,33,38)(H,34,39)/t25-,26+,32-/m0/s1. The lowest BCUT2D eigenvalue weighted by Crippen LogP contribution is -2.61. The van der Waals surface area contributed by atoms with E-state index in [2.05, 4.69) is 10.6 Å². The van der Waals surface area contributed by atoms with Crippen LogP contribution in [0.15, 0.2) is 54.6 Å². The molecule has 0 saturated carbocycles. The van der Waals surface area contributed by atoms with Gasteiger partial charge in [-0.1, -0.05) is 49.4 Å². The molecule has 3 amide bonds. The number of alkyl carbamates (subject to hydrolysis) is 1. The Kier molecular flexibility index (Phi) is 11.0. The van der Waals surface area contributed by atoms with E-state index in [4.69, 9.17) is 14.2 Å². The maximum absolute atomic E-state index is 14.0. The SMILES string of the molecule is CC[C@](C)(NC(=O)OC(C)(C)C)C(=O)N[C@@H](Cc1ccc(OC)cc1)C(=O)N1CCC[C@@H]1C(=O)OCc1ccccc1. The Hall–Kier alpha value is -4.08. The molecule has 10 heteroatoms. The molecule has 2 aromatic carbocycles. The summed E-state index contributed by atoms with van der Waals surface area (Å²) in [6.07, 6.45) is 0.784. The normalized spacial score (nSPS) is 17.0. The molecule has 10 nitrogen and oxygen atoms in total. The lowest BCUT2D eigenvalue weighted by molar-refractivity contribution is -0.155. The number of hydrogen-bond donors (Lipinski definition) is 2. The van der Waals surface area contributed by atoms with Crippen molar-refractivity contribution in [2.45, 2.75) is 90.1 Å². The van der Waals surface area contributed by atoms with Gasteiger partial charge in [0.25, 0.3) is 0 Å². The van der Waals surface area contributed by atoms with Crippen LogP contribution >= 0.6 is 0 Å². The van der Waals surface area contributed by atoms with Crippen molar-refractivity contribution in [2.75, 3.05) is 13.7 Å². The third-order valence-corrected chi connectivity index (χ3v) is 7.22. The summed E-state index contributed by atoms with van der Waals surface area (Å²) in [5.74, 6) is -0.755. The van der Waals surface area contributed by atoms with Crippen LogP contribution < -0.4 is 15.4 Å². The summed E-state index contributed by atoms with van der Waals surface area (Å²) in [7, 11) is 1.56. The predicted octanol–water partition coefficient (Wildman–Crippen LogP) is 4.15. The van der Waals surface area contributed by atoms with Gasteiger partial charge in [-0.2, -0.15) is 0 Å². The Balaban J connectivity index is 1.80. The molecule has 1 fully saturated rings. The molecule has 42 heavy (non-hydrogen) atoms. The van der Waals surface area contributed by atoms with E-state index in [0.717, 1.165) is 11.1 Å². The molecule has 3 rings (SSSR count). The van der Waals surface area contributed by atoms with Crippen LogP contribution in [0.1, 0.15) is 65.0 Å². The van der Waals surface area contributed by atoms with Gasteiger partial charge in [0.1, 0.15) is 35.6 Å². The van der Waals surface area contributed by atoms with E-state index >= 15 is 0 Å². The van der Waals surface area contributed by atoms with Crippen molar-refractivity contribution >= 4 is 23.9 Å². The van der Waals surface area contributed by atoms with Crippen LogP contribution in [-0.4, -0.2) is 65.7 Å². The molecule has 1 aliphatic rings. The lowest BCUT2D eigenvalue weighted by Gasteiger charge is -2.33. The first-order valence-corrected chi connectivity index (χ1v) is 14.3. The Morgan fingerprint density at radius 1 is 0.976 bits per heavy atom. The zero-order valence-corrected chi connectivity index (χ0v) is 25.4. The highest BCUT2D eigenvalue weighted by Gasteiger charge is 2.41. The molecule has 0 radical (unpaired) electrons. The highest BCUT2D eigenvalue weighted by Crippen LogP contribution is 2.23. The molecule has 0 aliphatic carbocycles. The van der Waals surface area contributed by atoms with Crippen molar-refractivity contribution in [3.8, 4) is 5.75 Å². The van der Waals surface area contributed by atoms with Gasteiger partial charge in [-0.15, -0.1) is 0 Å². The van der Waals surface area contributed by atoms with E-state index in [1.807, 2.05) is 42.5 Å². The summed E-state index contributed by atoms with van der Waals surface area (Å²) in [6.45, 7) is 9.01. The minimum atomic E-state index is -1.35. The summed E-state index contributed by atoms with van der Waals surface area (Å²) in [5.41, 5.74) is -0.459. The summed E-state index contributed by atoms with van der Waals surface area (Å²) in [6, 6.07) is 14.8. The molecule has 1 saturated heterocycles. The van der Waals surface area contributed by atoms with Gasteiger partial charge in [0.05, 0.1) is 7.11 Å². The van der Waals surface area contributed by atoms with Gasteiger partial charge in [-0.25, -0.2) is 9.59 Å². The van der Waals surface area contributed by atoms with Crippen molar-refractivity contribution in [2.24, 2.45) is 0 Å². The second-order valence-corrected chi connectivity index (χ2v) is 11.7. The van der Waals surface area contributed by atoms with Gasteiger partial charge in [-0.3, -0.25) is 9.59 Å². The van der Waals surface area contributed by atoms with E-state index in [0.29, 0.717) is 25.1 Å². The van der Waals surface area contributed by atoms with Crippen LogP contribution in [-0.2, 0) is 36.9 Å². The molecule has 228 valence electrons. The topological polar surface area (TPSA) is 123 Å². The van der Waals surface area contributed by atoms with Gasteiger partial charge in [-0.05, 0) is 70.2 Å². The number of carbonyl (C=O) groups is 4. The zero-order valence-electron chi connectivity index (χ0n) is 25.4. The molecule has 0 aromatic heterocycles. The number of amides is 3. The number of carbonyl (C=O) groups excluding carboxylic acids is 4.